The van der Waals surface area contributed by atoms with Gasteiger partial charge in [-0.05, 0) is 47.5 Å². The van der Waals surface area contributed by atoms with E-state index < -0.39 is 11.2 Å². The molecule has 0 radical (unpaired) electrons. The van der Waals surface area contributed by atoms with Crippen molar-refractivity contribution in [2.45, 2.75) is 6.54 Å². The third kappa shape index (κ3) is 4.36. The smallest absolute Gasteiger partial charge is 0.331 e. The number of hydrogen-bond acceptors (Lipinski definition) is 6. The Labute approximate surface area is 191 Å². The van der Waals surface area contributed by atoms with E-state index in [-0.39, 0.29) is 19.0 Å². The van der Waals surface area contributed by atoms with Gasteiger partial charge in [-0.1, -0.05) is 28.1 Å². The van der Waals surface area contributed by atoms with Gasteiger partial charge in [-0.3, -0.25) is 24.1 Å². The summed E-state index contributed by atoms with van der Waals surface area (Å²) in [6, 6.07) is 12.1. The second-order valence-corrected chi connectivity index (χ2v) is 8.26. The number of rotatable bonds is 5. The Hall–Kier alpha value is -3.63. The third-order valence-corrected chi connectivity index (χ3v) is 5.64. The number of benzene rings is 2. The Kier molecular flexibility index (Phi) is 5.97. The minimum atomic E-state index is -0.442. The van der Waals surface area contributed by atoms with Gasteiger partial charge in [0.1, 0.15) is 0 Å². The van der Waals surface area contributed by atoms with Crippen molar-refractivity contribution in [2.24, 2.45) is 12.9 Å². The summed E-state index contributed by atoms with van der Waals surface area (Å²) < 4.78 is 3.45. The number of hydrazine groups is 2. The van der Waals surface area contributed by atoms with Gasteiger partial charge in [0.05, 0.1) is 17.4 Å². The van der Waals surface area contributed by atoms with Crippen LogP contribution in [-0.4, -0.2) is 26.7 Å². The van der Waals surface area contributed by atoms with Crippen molar-refractivity contribution in [1.29, 1.82) is 0 Å². The highest BCUT2D eigenvalue weighted by Gasteiger charge is 2.15. The molecule has 1 aromatic heterocycles. The number of amides is 1. The maximum absolute atomic E-state index is 13.2. The first-order chi connectivity index (χ1) is 15.3. The van der Waals surface area contributed by atoms with Crippen LogP contribution >= 0.6 is 15.9 Å². The van der Waals surface area contributed by atoms with E-state index in [1.54, 1.807) is 37.7 Å². The van der Waals surface area contributed by atoms with Gasteiger partial charge in [0, 0.05) is 36.0 Å². The molecule has 0 unspecified atom stereocenters. The first kappa shape index (κ1) is 21.6. The molecular formula is C22H21BrN6O3. The van der Waals surface area contributed by atoms with Crippen molar-refractivity contribution in [3.05, 3.63) is 103 Å². The summed E-state index contributed by atoms with van der Waals surface area (Å²) in [5.41, 5.74) is 4.38. The van der Waals surface area contributed by atoms with Crippen LogP contribution in [0.4, 0.5) is 0 Å². The molecule has 0 bridgehead atoms. The van der Waals surface area contributed by atoms with Crippen LogP contribution in [0.1, 0.15) is 15.9 Å². The molecule has 32 heavy (non-hydrogen) atoms. The molecule has 0 aliphatic carbocycles. The molecule has 9 nitrogen and oxygen atoms in total. The number of hydrogen-bond donors (Lipinski definition) is 3. The Morgan fingerprint density at radius 1 is 1.19 bits per heavy atom. The van der Waals surface area contributed by atoms with E-state index in [0.717, 1.165) is 15.6 Å². The van der Waals surface area contributed by atoms with Crippen LogP contribution in [0, 0.1) is 0 Å². The lowest BCUT2D eigenvalue weighted by Crippen LogP contribution is -2.39. The number of aromatic nitrogens is 2. The molecule has 2 aromatic carbocycles. The molecule has 0 fully saturated rings. The van der Waals surface area contributed by atoms with Crippen molar-refractivity contribution in [3.63, 3.8) is 0 Å². The van der Waals surface area contributed by atoms with E-state index in [1.165, 1.54) is 20.3 Å². The van der Waals surface area contributed by atoms with Crippen molar-refractivity contribution >= 4 is 32.7 Å². The summed E-state index contributed by atoms with van der Waals surface area (Å²) in [5, 5.41) is 4.40. The molecule has 3 aromatic rings. The van der Waals surface area contributed by atoms with Crippen LogP contribution in [0.2, 0.25) is 0 Å². The number of nitrogens with two attached hydrogens (primary N) is 1. The molecule has 0 saturated carbocycles. The highest BCUT2D eigenvalue weighted by atomic mass is 79.9. The zero-order chi connectivity index (χ0) is 22.8. The van der Waals surface area contributed by atoms with E-state index in [9.17, 15) is 14.4 Å². The molecule has 2 heterocycles. The SMILES string of the molecule is Cn1c(=O)n(Cc2cccc(Br)c2)c(=O)c2cc(C(=O)NCC3=CNN(N)C=C3)ccc21. The van der Waals surface area contributed by atoms with Crippen molar-refractivity contribution in [2.75, 3.05) is 6.54 Å². The lowest BCUT2D eigenvalue weighted by molar-refractivity contribution is 0.0957. The fourth-order valence-corrected chi connectivity index (χ4v) is 3.88. The van der Waals surface area contributed by atoms with Crippen molar-refractivity contribution in [1.82, 2.24) is 25.0 Å². The van der Waals surface area contributed by atoms with Gasteiger partial charge >= 0.3 is 5.69 Å². The molecule has 0 saturated heterocycles. The Morgan fingerprint density at radius 2 is 2.00 bits per heavy atom. The van der Waals surface area contributed by atoms with Gasteiger partial charge in [0.25, 0.3) is 11.5 Å². The van der Waals surface area contributed by atoms with Gasteiger partial charge in [-0.2, -0.15) is 0 Å². The number of carbonyl (C=O) groups excluding carboxylic acids is 1. The summed E-state index contributed by atoms with van der Waals surface area (Å²) in [6.07, 6.45) is 5.08. The fraction of sp³-hybridized carbons (Fsp3) is 0.136. The summed E-state index contributed by atoms with van der Waals surface area (Å²) in [7, 11) is 1.61. The molecule has 10 heteroatoms. The van der Waals surface area contributed by atoms with E-state index in [1.807, 2.05) is 24.3 Å². The molecule has 4 rings (SSSR count). The molecule has 164 valence electrons. The van der Waals surface area contributed by atoms with E-state index >= 15 is 0 Å². The van der Waals surface area contributed by atoms with Crippen molar-refractivity contribution in [3.8, 4) is 0 Å². The monoisotopic (exact) mass is 496 g/mol. The first-order valence-corrected chi connectivity index (χ1v) is 10.6. The van der Waals surface area contributed by atoms with Crippen LogP contribution in [0.3, 0.4) is 0 Å². The molecule has 1 aliphatic rings. The summed E-state index contributed by atoms with van der Waals surface area (Å²) >= 11 is 3.40. The Bertz CT molecular complexity index is 1390. The number of aryl methyl sites for hydroxylation is 1. The van der Waals surface area contributed by atoms with Gasteiger partial charge in [0.2, 0.25) is 0 Å². The number of halogens is 1. The number of carbonyl (C=O) groups is 1. The van der Waals surface area contributed by atoms with Crippen LogP contribution in [-0.2, 0) is 13.6 Å². The number of fused-ring (bicyclic) bond motifs is 1. The predicted molar refractivity (Wildman–Crippen MR) is 125 cm³/mol. The number of nitrogens with zero attached hydrogens (tertiary/aromatic N) is 3. The maximum atomic E-state index is 13.2. The molecular weight excluding hydrogens is 476 g/mol. The fourth-order valence-electron chi connectivity index (χ4n) is 3.43. The zero-order valence-corrected chi connectivity index (χ0v) is 18.8. The van der Waals surface area contributed by atoms with Crippen LogP contribution in [0.15, 0.2) is 80.6 Å². The lowest BCUT2D eigenvalue weighted by Gasteiger charge is -2.18. The van der Waals surface area contributed by atoms with Gasteiger partial charge < -0.3 is 5.32 Å². The minimum absolute atomic E-state index is 0.128. The highest BCUT2D eigenvalue weighted by Crippen LogP contribution is 2.14. The summed E-state index contributed by atoms with van der Waals surface area (Å²) in [6.45, 7) is 0.414. The molecule has 1 aliphatic heterocycles. The van der Waals surface area contributed by atoms with Crippen LogP contribution < -0.4 is 27.8 Å². The van der Waals surface area contributed by atoms with Gasteiger partial charge in [0.15, 0.2) is 0 Å². The predicted octanol–water partition coefficient (Wildman–Crippen LogP) is 1.33. The Morgan fingerprint density at radius 3 is 2.72 bits per heavy atom. The zero-order valence-electron chi connectivity index (χ0n) is 17.2. The van der Waals surface area contributed by atoms with Crippen molar-refractivity contribution < 1.29 is 4.79 Å². The highest BCUT2D eigenvalue weighted by molar-refractivity contribution is 9.10. The van der Waals surface area contributed by atoms with Crippen LogP contribution in [0.25, 0.3) is 10.9 Å². The van der Waals surface area contributed by atoms with E-state index in [2.05, 4.69) is 26.7 Å². The van der Waals surface area contributed by atoms with E-state index in [0.29, 0.717) is 16.5 Å². The largest absolute Gasteiger partial charge is 0.348 e. The molecule has 0 atom stereocenters. The van der Waals surface area contributed by atoms with E-state index in [4.69, 9.17) is 5.84 Å². The maximum Gasteiger partial charge on any atom is 0.331 e. The summed E-state index contributed by atoms with van der Waals surface area (Å²) in [5.74, 6) is 5.22. The molecule has 1 amide bonds. The Balaban J connectivity index is 1.65. The quantitative estimate of drug-likeness (QED) is 0.459. The third-order valence-electron chi connectivity index (χ3n) is 5.14. The van der Waals surface area contributed by atoms with Gasteiger partial charge in [-0.15, -0.1) is 0 Å². The first-order valence-electron chi connectivity index (χ1n) is 9.77. The lowest BCUT2D eigenvalue weighted by atomic mass is 10.1. The normalized spacial score (nSPS) is 13.1. The number of nitrogens with one attached hydrogen (secondary N) is 2. The second-order valence-electron chi connectivity index (χ2n) is 7.35. The van der Waals surface area contributed by atoms with Crippen LogP contribution in [0.5, 0.6) is 0 Å². The topological polar surface area (TPSA) is 114 Å². The summed E-state index contributed by atoms with van der Waals surface area (Å²) in [4.78, 5) is 38.7. The average Bonchev–Trinajstić information content (AvgIpc) is 2.79. The standard InChI is InChI=1S/C22H21BrN6O3/c1-27-19-6-5-16(20(30)25-11-15-7-8-29(24)26-12-15)10-18(19)21(31)28(22(27)32)13-14-3-2-4-17(23)9-14/h2-10,12,26H,11,13,24H2,1H3,(H,25,30). The van der Waals surface area contributed by atoms with Gasteiger partial charge in [-0.25, -0.2) is 15.8 Å². The minimum Gasteiger partial charge on any atom is -0.348 e. The molecule has 4 N–H and O–H groups in total. The average molecular weight is 497 g/mol. The molecule has 0 spiro atoms. The second kappa shape index (κ2) is 8.85.